The number of nitrogens with zero attached hydrogens (tertiary/aromatic N) is 1. The summed E-state index contributed by atoms with van der Waals surface area (Å²) >= 11 is 0. The van der Waals surface area contributed by atoms with Gasteiger partial charge < -0.3 is 36.5 Å². The van der Waals surface area contributed by atoms with E-state index in [-0.39, 0.29) is 11.9 Å². The Morgan fingerprint density at radius 3 is 2.55 bits per heavy atom. The fourth-order valence-corrected chi connectivity index (χ4v) is 3.11. The predicted molar refractivity (Wildman–Crippen MR) is 130 cm³/mol. The Labute approximate surface area is 195 Å². The number of guanidine groups is 1. The molecule has 0 aliphatic rings. The third kappa shape index (κ3) is 10.9. The van der Waals surface area contributed by atoms with E-state index in [0.717, 1.165) is 5.56 Å². The van der Waals surface area contributed by atoms with Gasteiger partial charge >= 0.3 is 7.12 Å². The molecule has 0 spiro atoms. The lowest BCUT2D eigenvalue weighted by Gasteiger charge is -2.24. The van der Waals surface area contributed by atoms with Crippen molar-refractivity contribution in [2.45, 2.75) is 45.1 Å². The van der Waals surface area contributed by atoms with Crippen molar-refractivity contribution in [1.29, 1.82) is 0 Å². The zero-order chi connectivity index (χ0) is 24.8. The van der Waals surface area contributed by atoms with Gasteiger partial charge in [0.15, 0.2) is 5.96 Å². The highest BCUT2D eigenvalue weighted by molar-refractivity contribution is 6.43. The third-order valence-electron chi connectivity index (χ3n) is 4.82. The quantitative estimate of drug-likeness (QED) is 0.0796. The molecule has 0 aliphatic carbocycles. The minimum atomic E-state index is -1.71. The van der Waals surface area contributed by atoms with Gasteiger partial charge in [-0.1, -0.05) is 32.0 Å². The molecule has 0 radical (unpaired) electrons. The standard InChI is InChI=1S/C22H36BN5O5/c1-15(2)14-19(23(31)32)28-21(30)17(9-7-13-26-22(24)25-3)27-20(29)12-11-16-8-5-6-10-18(16)33-4/h5-6,8,10-12,15,17,19,31-32H,7,9,13-14H2,1-4H3,(H,27,29)(H,28,30)(H3,24,25,26)/b12-11+/t17-,19-/m0/s1. The molecule has 11 heteroatoms. The maximum Gasteiger partial charge on any atom is 0.475 e. The van der Waals surface area contributed by atoms with Crippen LogP contribution in [0.15, 0.2) is 35.3 Å². The zero-order valence-electron chi connectivity index (χ0n) is 19.7. The minimum Gasteiger partial charge on any atom is -0.496 e. The van der Waals surface area contributed by atoms with E-state index in [1.165, 1.54) is 6.08 Å². The van der Waals surface area contributed by atoms with E-state index in [1.54, 1.807) is 32.4 Å². The van der Waals surface area contributed by atoms with E-state index in [2.05, 4.69) is 20.9 Å². The average Bonchev–Trinajstić information content (AvgIpc) is 2.78. The fraction of sp³-hybridized carbons (Fsp3) is 0.500. The van der Waals surface area contributed by atoms with Gasteiger partial charge in [0.05, 0.1) is 13.1 Å². The molecule has 0 saturated carbocycles. The average molecular weight is 461 g/mol. The second kappa shape index (κ2) is 14.9. The number of nitrogens with one attached hydrogen (secondary N) is 3. The van der Waals surface area contributed by atoms with Crippen LogP contribution in [0.4, 0.5) is 0 Å². The van der Waals surface area contributed by atoms with E-state index in [0.29, 0.717) is 31.6 Å². The Bertz CT molecular complexity index is 816. The molecule has 0 bridgehead atoms. The van der Waals surface area contributed by atoms with Crippen molar-refractivity contribution < 1.29 is 24.4 Å². The molecule has 0 saturated heterocycles. The zero-order valence-corrected chi connectivity index (χ0v) is 19.7. The monoisotopic (exact) mass is 461 g/mol. The summed E-state index contributed by atoms with van der Waals surface area (Å²) in [6, 6.07) is 6.35. The van der Waals surface area contributed by atoms with Crippen molar-refractivity contribution in [3.8, 4) is 5.75 Å². The van der Waals surface area contributed by atoms with Crippen LogP contribution in [0.25, 0.3) is 6.08 Å². The maximum atomic E-state index is 12.9. The number of aliphatic imine (C=N–C) groups is 1. The number of methoxy groups -OCH3 is 1. The first kappa shape index (κ1) is 28.0. The molecule has 182 valence electrons. The van der Waals surface area contributed by atoms with Crippen LogP contribution in [0, 0.1) is 5.92 Å². The summed E-state index contributed by atoms with van der Waals surface area (Å²) in [5.41, 5.74) is 6.33. The van der Waals surface area contributed by atoms with Gasteiger partial charge in [-0.2, -0.15) is 0 Å². The maximum absolute atomic E-state index is 12.9. The number of para-hydroxylation sites is 1. The van der Waals surface area contributed by atoms with Gasteiger partial charge in [-0.25, -0.2) is 0 Å². The molecule has 1 aromatic rings. The molecule has 0 heterocycles. The molecule has 10 nitrogen and oxygen atoms in total. The number of carbonyl (C=O) groups excluding carboxylic acids is 2. The van der Waals surface area contributed by atoms with Crippen LogP contribution in [0.1, 0.15) is 38.7 Å². The lowest BCUT2D eigenvalue weighted by atomic mass is 9.75. The first-order chi connectivity index (χ1) is 15.7. The summed E-state index contributed by atoms with van der Waals surface area (Å²) < 4.78 is 5.27. The number of carbonyl (C=O) groups is 2. The van der Waals surface area contributed by atoms with Crippen molar-refractivity contribution >= 4 is 31.0 Å². The fourth-order valence-electron chi connectivity index (χ4n) is 3.11. The minimum absolute atomic E-state index is 0.134. The van der Waals surface area contributed by atoms with Crippen LogP contribution < -0.4 is 26.4 Å². The molecule has 1 rings (SSSR count). The first-order valence-corrected chi connectivity index (χ1v) is 10.9. The smallest absolute Gasteiger partial charge is 0.475 e. The van der Waals surface area contributed by atoms with E-state index in [1.807, 2.05) is 26.0 Å². The highest BCUT2D eigenvalue weighted by Gasteiger charge is 2.29. The molecular weight excluding hydrogens is 425 g/mol. The van der Waals surface area contributed by atoms with Gasteiger partial charge in [0.25, 0.3) is 0 Å². The molecule has 2 atom stereocenters. The van der Waals surface area contributed by atoms with Crippen molar-refractivity contribution in [2.24, 2.45) is 16.6 Å². The Kier molecular flexibility index (Phi) is 12.6. The summed E-state index contributed by atoms with van der Waals surface area (Å²) in [5.74, 6) is -0.777. The van der Waals surface area contributed by atoms with E-state index >= 15 is 0 Å². The number of benzene rings is 1. The number of hydrogen-bond donors (Lipinski definition) is 6. The van der Waals surface area contributed by atoms with Gasteiger partial charge in [0, 0.05) is 25.2 Å². The van der Waals surface area contributed by atoms with Gasteiger partial charge in [-0.15, -0.1) is 0 Å². The summed E-state index contributed by atoms with van der Waals surface area (Å²) in [4.78, 5) is 29.2. The predicted octanol–water partition coefficient (Wildman–Crippen LogP) is 0.0504. The first-order valence-electron chi connectivity index (χ1n) is 10.9. The van der Waals surface area contributed by atoms with Crippen LogP contribution in [0.2, 0.25) is 0 Å². The van der Waals surface area contributed by atoms with E-state index in [4.69, 9.17) is 10.5 Å². The van der Waals surface area contributed by atoms with Gasteiger partial charge in [-0.3, -0.25) is 14.6 Å². The van der Waals surface area contributed by atoms with Crippen molar-refractivity contribution in [3.05, 3.63) is 35.9 Å². The number of nitrogens with two attached hydrogens (primary N) is 1. The summed E-state index contributed by atoms with van der Waals surface area (Å²) in [6.07, 6.45) is 4.12. The van der Waals surface area contributed by atoms with Gasteiger partial charge in [0.2, 0.25) is 11.8 Å². The van der Waals surface area contributed by atoms with Crippen LogP contribution in [-0.4, -0.2) is 67.6 Å². The molecule has 0 fully saturated rings. The van der Waals surface area contributed by atoms with Crippen LogP contribution >= 0.6 is 0 Å². The number of rotatable bonds is 13. The van der Waals surface area contributed by atoms with Crippen LogP contribution in [-0.2, 0) is 9.59 Å². The molecule has 2 amide bonds. The Morgan fingerprint density at radius 2 is 1.94 bits per heavy atom. The van der Waals surface area contributed by atoms with Crippen molar-refractivity contribution in [2.75, 3.05) is 20.7 Å². The van der Waals surface area contributed by atoms with Crippen molar-refractivity contribution in [1.82, 2.24) is 16.0 Å². The van der Waals surface area contributed by atoms with Crippen LogP contribution in [0.5, 0.6) is 5.75 Å². The Morgan fingerprint density at radius 1 is 1.24 bits per heavy atom. The largest absolute Gasteiger partial charge is 0.496 e. The third-order valence-corrected chi connectivity index (χ3v) is 4.82. The normalized spacial score (nSPS) is 13.5. The Balaban J connectivity index is 2.88. The van der Waals surface area contributed by atoms with Crippen LogP contribution in [0.3, 0.4) is 0 Å². The van der Waals surface area contributed by atoms with E-state index < -0.39 is 30.9 Å². The summed E-state index contributed by atoms with van der Waals surface area (Å²) in [6.45, 7) is 4.28. The van der Waals surface area contributed by atoms with Crippen molar-refractivity contribution in [3.63, 3.8) is 0 Å². The summed E-state index contributed by atoms with van der Waals surface area (Å²) in [7, 11) is 1.39. The molecule has 33 heavy (non-hydrogen) atoms. The number of amides is 2. The van der Waals surface area contributed by atoms with Gasteiger partial charge in [0.1, 0.15) is 11.8 Å². The highest BCUT2D eigenvalue weighted by Crippen LogP contribution is 2.18. The summed E-state index contributed by atoms with van der Waals surface area (Å²) in [5, 5.41) is 27.5. The molecule has 7 N–H and O–H groups in total. The second-order valence-electron chi connectivity index (χ2n) is 7.97. The van der Waals surface area contributed by atoms with E-state index in [9.17, 15) is 19.6 Å². The second-order valence-corrected chi connectivity index (χ2v) is 7.97. The Hall–Kier alpha value is -3.05. The SMILES string of the molecule is CN=C(N)NCCC[C@H](NC(=O)/C=C/c1ccccc1OC)C(=O)N[C@@H](CC(C)C)B(O)O. The molecule has 0 aliphatic heterocycles. The molecule has 1 aromatic carbocycles. The molecule has 0 unspecified atom stereocenters. The lowest BCUT2D eigenvalue weighted by Crippen LogP contribution is -2.54. The number of ether oxygens (including phenoxy) is 1. The molecular formula is C22H36BN5O5. The van der Waals surface area contributed by atoms with Gasteiger partial charge in [-0.05, 0) is 37.3 Å². The number of hydrogen-bond acceptors (Lipinski definition) is 6. The topological polar surface area (TPSA) is 158 Å². The molecule has 0 aromatic heterocycles. The highest BCUT2D eigenvalue weighted by atomic mass is 16.5. The lowest BCUT2D eigenvalue weighted by molar-refractivity contribution is -0.127.